The van der Waals surface area contributed by atoms with Crippen molar-refractivity contribution in [1.29, 1.82) is 0 Å². The molecule has 1 saturated carbocycles. The first-order chi connectivity index (χ1) is 11.3. The highest BCUT2D eigenvalue weighted by atomic mass is 32.1. The minimum atomic E-state index is 0.451. The van der Waals surface area contributed by atoms with E-state index in [0.29, 0.717) is 5.92 Å². The molecule has 2 aromatic heterocycles. The van der Waals surface area contributed by atoms with Gasteiger partial charge in [-0.15, -0.1) is 11.3 Å². The summed E-state index contributed by atoms with van der Waals surface area (Å²) in [4.78, 5) is 3.95. The van der Waals surface area contributed by atoms with Crippen LogP contribution < -0.4 is 0 Å². The van der Waals surface area contributed by atoms with Crippen LogP contribution >= 0.6 is 11.3 Å². The van der Waals surface area contributed by atoms with Crippen LogP contribution in [-0.4, -0.2) is 34.4 Å². The molecule has 0 aromatic carbocycles. The van der Waals surface area contributed by atoms with Gasteiger partial charge >= 0.3 is 0 Å². The molecule has 124 valence electrons. The van der Waals surface area contributed by atoms with Gasteiger partial charge in [0.25, 0.3) is 0 Å². The zero-order chi connectivity index (χ0) is 15.6. The van der Waals surface area contributed by atoms with Crippen molar-refractivity contribution in [2.75, 3.05) is 19.8 Å². The molecule has 0 bridgehead atoms. The van der Waals surface area contributed by atoms with Crippen molar-refractivity contribution in [2.24, 2.45) is 5.92 Å². The molecule has 1 unspecified atom stereocenters. The summed E-state index contributed by atoms with van der Waals surface area (Å²) in [6.07, 6.45) is 5.04. The van der Waals surface area contributed by atoms with Gasteiger partial charge in [0.15, 0.2) is 0 Å². The highest BCUT2D eigenvalue weighted by Crippen LogP contribution is 2.33. The SMILES string of the molecule is CCOCC1CN(Cc2cccs2)Cc2nn(CC3CC3)cc21. The summed E-state index contributed by atoms with van der Waals surface area (Å²) < 4.78 is 7.95. The van der Waals surface area contributed by atoms with E-state index >= 15 is 0 Å². The summed E-state index contributed by atoms with van der Waals surface area (Å²) in [6, 6.07) is 4.36. The molecule has 2 aliphatic rings. The lowest BCUT2D eigenvalue weighted by Gasteiger charge is -2.31. The van der Waals surface area contributed by atoms with Crippen molar-refractivity contribution >= 4 is 11.3 Å². The van der Waals surface area contributed by atoms with Gasteiger partial charge < -0.3 is 4.74 Å². The standard InChI is InChI=1S/C18H25N3OS/c1-2-22-13-15-9-20(10-16-4-3-7-23-16)12-18-17(15)11-21(19-18)8-14-5-6-14/h3-4,7,11,14-15H,2,5-6,8-10,12-13H2,1H3. The van der Waals surface area contributed by atoms with E-state index in [9.17, 15) is 0 Å². The second-order valence-corrected chi connectivity index (χ2v) is 7.83. The molecule has 1 aliphatic heterocycles. The molecule has 4 nitrogen and oxygen atoms in total. The summed E-state index contributed by atoms with van der Waals surface area (Å²) in [5.41, 5.74) is 2.68. The Hall–Kier alpha value is -1.17. The van der Waals surface area contributed by atoms with Crippen LogP contribution in [0.1, 0.15) is 41.8 Å². The van der Waals surface area contributed by atoms with Crippen LogP contribution in [0, 0.1) is 5.92 Å². The number of hydrogen-bond donors (Lipinski definition) is 0. The first kappa shape index (κ1) is 15.4. The predicted octanol–water partition coefficient (Wildman–Crippen LogP) is 3.49. The highest BCUT2D eigenvalue weighted by Gasteiger charge is 2.30. The largest absolute Gasteiger partial charge is 0.381 e. The van der Waals surface area contributed by atoms with E-state index in [1.807, 2.05) is 11.3 Å². The average Bonchev–Trinajstić information content (AvgIpc) is 3.04. The van der Waals surface area contributed by atoms with E-state index in [-0.39, 0.29) is 0 Å². The van der Waals surface area contributed by atoms with Crippen LogP contribution in [0.4, 0.5) is 0 Å². The van der Waals surface area contributed by atoms with Crippen LogP contribution in [-0.2, 0) is 24.4 Å². The lowest BCUT2D eigenvalue weighted by Crippen LogP contribution is -2.34. The molecule has 1 fully saturated rings. The molecule has 0 amide bonds. The predicted molar refractivity (Wildman–Crippen MR) is 92.6 cm³/mol. The van der Waals surface area contributed by atoms with Crippen molar-refractivity contribution in [3.05, 3.63) is 39.8 Å². The van der Waals surface area contributed by atoms with Crippen LogP contribution in [0.3, 0.4) is 0 Å². The number of hydrogen-bond acceptors (Lipinski definition) is 4. The molecule has 0 saturated heterocycles. The average molecular weight is 331 g/mol. The lowest BCUT2D eigenvalue weighted by atomic mass is 9.95. The third kappa shape index (κ3) is 3.67. The topological polar surface area (TPSA) is 30.3 Å². The fraction of sp³-hybridized carbons (Fsp3) is 0.611. The van der Waals surface area contributed by atoms with Gasteiger partial charge in [-0.25, -0.2) is 0 Å². The maximum Gasteiger partial charge on any atom is 0.0801 e. The molecule has 5 heteroatoms. The first-order valence-corrected chi connectivity index (χ1v) is 9.58. The van der Waals surface area contributed by atoms with E-state index in [1.54, 1.807) is 0 Å². The third-order valence-corrected chi connectivity index (χ3v) is 5.65. The van der Waals surface area contributed by atoms with Crippen molar-refractivity contribution < 1.29 is 4.74 Å². The zero-order valence-electron chi connectivity index (χ0n) is 13.8. The Morgan fingerprint density at radius 1 is 1.39 bits per heavy atom. The molecular weight excluding hydrogens is 306 g/mol. The maximum atomic E-state index is 5.75. The number of ether oxygens (including phenoxy) is 1. The van der Waals surface area contributed by atoms with Gasteiger partial charge in [0.05, 0.1) is 12.3 Å². The number of rotatable bonds is 7. The molecule has 4 rings (SSSR count). The Balaban J connectivity index is 1.51. The second-order valence-electron chi connectivity index (χ2n) is 6.80. The van der Waals surface area contributed by atoms with Gasteiger partial charge in [0.2, 0.25) is 0 Å². The Labute approximate surface area is 142 Å². The third-order valence-electron chi connectivity index (χ3n) is 4.79. The Morgan fingerprint density at radius 2 is 2.30 bits per heavy atom. The monoisotopic (exact) mass is 331 g/mol. The van der Waals surface area contributed by atoms with E-state index in [2.05, 4.69) is 40.2 Å². The van der Waals surface area contributed by atoms with E-state index in [1.165, 1.54) is 29.0 Å². The smallest absolute Gasteiger partial charge is 0.0801 e. The number of fused-ring (bicyclic) bond motifs is 1. The highest BCUT2D eigenvalue weighted by molar-refractivity contribution is 7.09. The first-order valence-electron chi connectivity index (χ1n) is 8.70. The Kier molecular flexibility index (Phi) is 4.51. The van der Waals surface area contributed by atoms with Crippen LogP contribution in [0.25, 0.3) is 0 Å². The van der Waals surface area contributed by atoms with Gasteiger partial charge in [0, 0.05) is 55.3 Å². The summed E-state index contributed by atoms with van der Waals surface area (Å²) >= 11 is 1.84. The normalized spacial score (nSPS) is 21.5. The van der Waals surface area contributed by atoms with Crippen molar-refractivity contribution in [3.63, 3.8) is 0 Å². The van der Waals surface area contributed by atoms with E-state index in [4.69, 9.17) is 9.84 Å². The number of thiophene rings is 1. The van der Waals surface area contributed by atoms with Gasteiger partial charge in [0.1, 0.15) is 0 Å². The Morgan fingerprint density at radius 3 is 3.04 bits per heavy atom. The lowest BCUT2D eigenvalue weighted by molar-refractivity contribution is 0.105. The summed E-state index contributed by atoms with van der Waals surface area (Å²) in [7, 11) is 0. The quantitative estimate of drug-likeness (QED) is 0.778. The molecule has 1 aliphatic carbocycles. The number of nitrogens with zero attached hydrogens (tertiary/aromatic N) is 3. The Bertz CT molecular complexity index is 633. The molecule has 0 spiro atoms. The van der Waals surface area contributed by atoms with Gasteiger partial charge in [-0.05, 0) is 37.1 Å². The van der Waals surface area contributed by atoms with Crippen LogP contribution in [0.2, 0.25) is 0 Å². The fourth-order valence-corrected chi connectivity index (χ4v) is 4.18. The number of aromatic nitrogens is 2. The molecule has 3 heterocycles. The molecule has 2 aromatic rings. The maximum absolute atomic E-state index is 5.75. The zero-order valence-corrected chi connectivity index (χ0v) is 14.6. The van der Waals surface area contributed by atoms with Crippen LogP contribution in [0.5, 0.6) is 0 Å². The second kappa shape index (κ2) is 6.75. The van der Waals surface area contributed by atoms with E-state index < -0.39 is 0 Å². The van der Waals surface area contributed by atoms with Crippen molar-refractivity contribution in [2.45, 2.75) is 45.3 Å². The molecule has 1 atom stereocenters. The summed E-state index contributed by atoms with van der Waals surface area (Å²) in [5.74, 6) is 1.32. The van der Waals surface area contributed by atoms with E-state index in [0.717, 1.165) is 45.3 Å². The molecular formula is C18H25N3OS. The van der Waals surface area contributed by atoms with Crippen molar-refractivity contribution in [3.8, 4) is 0 Å². The molecule has 0 radical (unpaired) electrons. The molecule has 23 heavy (non-hydrogen) atoms. The fourth-order valence-electron chi connectivity index (χ4n) is 3.43. The molecule has 0 N–H and O–H groups in total. The van der Waals surface area contributed by atoms with Gasteiger partial charge in [-0.3, -0.25) is 9.58 Å². The summed E-state index contributed by atoms with van der Waals surface area (Å²) in [5, 5.41) is 7.05. The summed E-state index contributed by atoms with van der Waals surface area (Å²) in [6.45, 7) is 7.82. The van der Waals surface area contributed by atoms with Gasteiger partial charge in [-0.1, -0.05) is 6.07 Å². The van der Waals surface area contributed by atoms with Gasteiger partial charge in [-0.2, -0.15) is 5.10 Å². The minimum absolute atomic E-state index is 0.451. The van der Waals surface area contributed by atoms with Crippen molar-refractivity contribution in [1.82, 2.24) is 14.7 Å². The van der Waals surface area contributed by atoms with Crippen LogP contribution in [0.15, 0.2) is 23.7 Å². The minimum Gasteiger partial charge on any atom is -0.381 e.